The van der Waals surface area contributed by atoms with Crippen molar-refractivity contribution in [2.24, 2.45) is 0 Å². The fourth-order valence-electron chi connectivity index (χ4n) is 2.06. The number of aliphatic hydroxyl groups is 1. The molecule has 0 aliphatic heterocycles. The molecular formula is C16H15F3N2O2. The van der Waals surface area contributed by atoms with Crippen molar-refractivity contribution in [3.63, 3.8) is 0 Å². The zero-order valence-corrected chi connectivity index (χ0v) is 12.2. The van der Waals surface area contributed by atoms with Crippen molar-refractivity contribution in [3.8, 4) is 0 Å². The number of halogens is 3. The molecule has 0 spiro atoms. The van der Waals surface area contributed by atoms with Gasteiger partial charge in [0.1, 0.15) is 0 Å². The molecule has 0 saturated heterocycles. The summed E-state index contributed by atoms with van der Waals surface area (Å²) >= 11 is 0. The fourth-order valence-corrected chi connectivity index (χ4v) is 2.06. The van der Waals surface area contributed by atoms with Crippen LogP contribution in [0.2, 0.25) is 0 Å². The molecule has 7 heteroatoms. The molecule has 1 unspecified atom stereocenters. The Morgan fingerprint density at radius 2 is 1.78 bits per heavy atom. The minimum Gasteiger partial charge on any atom is -0.387 e. The molecule has 0 aliphatic rings. The highest BCUT2D eigenvalue weighted by atomic mass is 19.2. The van der Waals surface area contributed by atoms with E-state index in [1.54, 1.807) is 12.1 Å². The Bertz CT molecular complexity index is 699. The molecule has 3 N–H and O–H groups in total. The zero-order chi connectivity index (χ0) is 17.0. The Hall–Kier alpha value is -2.54. The van der Waals surface area contributed by atoms with E-state index in [0.29, 0.717) is 17.7 Å². The van der Waals surface area contributed by atoms with E-state index in [1.807, 2.05) is 19.1 Å². The molecule has 122 valence electrons. The average Bonchev–Trinajstić information content (AvgIpc) is 2.50. The van der Waals surface area contributed by atoms with E-state index in [9.17, 15) is 23.1 Å². The first-order chi connectivity index (χ1) is 10.9. The summed E-state index contributed by atoms with van der Waals surface area (Å²) in [5, 5.41) is 14.6. The van der Waals surface area contributed by atoms with Gasteiger partial charge < -0.3 is 15.7 Å². The standard InChI is InChI=1S/C16H15F3N2O2/c1-9-4-2-3-5-11(9)14(22)8-20-16(23)21-10-6-12(17)15(19)13(18)7-10/h2-7,14,22H,8H2,1H3,(H2,20,21,23). The lowest BCUT2D eigenvalue weighted by Gasteiger charge is -2.15. The minimum atomic E-state index is -1.61. The second kappa shape index (κ2) is 7.15. The Labute approximate surface area is 131 Å². The van der Waals surface area contributed by atoms with Gasteiger partial charge in [-0.25, -0.2) is 18.0 Å². The van der Waals surface area contributed by atoms with Crippen molar-refractivity contribution >= 4 is 11.7 Å². The summed E-state index contributed by atoms with van der Waals surface area (Å²) in [6.45, 7) is 1.73. The SMILES string of the molecule is Cc1ccccc1C(O)CNC(=O)Nc1cc(F)c(F)c(F)c1. The summed E-state index contributed by atoms with van der Waals surface area (Å²) in [5.74, 6) is -4.41. The van der Waals surface area contributed by atoms with Crippen LogP contribution >= 0.6 is 0 Å². The van der Waals surface area contributed by atoms with Crippen LogP contribution in [0.4, 0.5) is 23.7 Å². The van der Waals surface area contributed by atoms with E-state index >= 15 is 0 Å². The van der Waals surface area contributed by atoms with Crippen molar-refractivity contribution in [1.82, 2.24) is 5.32 Å². The van der Waals surface area contributed by atoms with Crippen molar-refractivity contribution < 1.29 is 23.1 Å². The number of aliphatic hydroxyl groups excluding tert-OH is 1. The van der Waals surface area contributed by atoms with Gasteiger partial charge in [-0.1, -0.05) is 24.3 Å². The summed E-state index contributed by atoms with van der Waals surface area (Å²) in [4.78, 5) is 11.7. The van der Waals surface area contributed by atoms with Crippen LogP contribution < -0.4 is 10.6 Å². The number of carbonyl (C=O) groups is 1. The van der Waals surface area contributed by atoms with Crippen molar-refractivity contribution in [2.45, 2.75) is 13.0 Å². The number of amides is 2. The first-order valence-corrected chi connectivity index (χ1v) is 6.81. The van der Waals surface area contributed by atoms with Gasteiger partial charge in [0.2, 0.25) is 0 Å². The third kappa shape index (κ3) is 4.23. The molecular weight excluding hydrogens is 309 g/mol. The summed E-state index contributed by atoms with van der Waals surface area (Å²) in [6, 6.07) is 7.68. The second-order valence-electron chi connectivity index (χ2n) is 4.96. The maximum Gasteiger partial charge on any atom is 0.319 e. The van der Waals surface area contributed by atoms with E-state index < -0.39 is 29.6 Å². The monoisotopic (exact) mass is 324 g/mol. The van der Waals surface area contributed by atoms with Crippen LogP contribution in [0.3, 0.4) is 0 Å². The van der Waals surface area contributed by atoms with Crippen LogP contribution in [0.15, 0.2) is 36.4 Å². The van der Waals surface area contributed by atoms with Gasteiger partial charge in [-0.3, -0.25) is 0 Å². The van der Waals surface area contributed by atoms with Gasteiger partial charge in [-0.2, -0.15) is 0 Å². The smallest absolute Gasteiger partial charge is 0.319 e. The molecule has 2 aromatic rings. The highest BCUT2D eigenvalue weighted by Crippen LogP contribution is 2.18. The topological polar surface area (TPSA) is 61.4 Å². The van der Waals surface area contributed by atoms with Crippen LogP contribution in [0.25, 0.3) is 0 Å². The molecule has 2 amide bonds. The summed E-state index contributed by atoms with van der Waals surface area (Å²) in [6.07, 6.45) is -0.927. The van der Waals surface area contributed by atoms with Crippen LogP contribution in [-0.2, 0) is 0 Å². The maximum atomic E-state index is 13.0. The van der Waals surface area contributed by atoms with E-state index in [0.717, 1.165) is 5.56 Å². The lowest BCUT2D eigenvalue weighted by atomic mass is 10.0. The lowest BCUT2D eigenvalue weighted by Crippen LogP contribution is -2.32. The molecule has 0 fully saturated rings. The Morgan fingerprint density at radius 1 is 1.17 bits per heavy atom. The molecule has 0 saturated carbocycles. The van der Waals surface area contributed by atoms with Gasteiger partial charge in [0.25, 0.3) is 0 Å². The Balaban J connectivity index is 1.94. The van der Waals surface area contributed by atoms with E-state index in [2.05, 4.69) is 10.6 Å². The first-order valence-electron chi connectivity index (χ1n) is 6.81. The first kappa shape index (κ1) is 16.8. The normalized spacial score (nSPS) is 11.9. The maximum absolute atomic E-state index is 13.0. The van der Waals surface area contributed by atoms with Crippen molar-refractivity contribution in [3.05, 3.63) is 65.0 Å². The molecule has 0 aromatic heterocycles. The van der Waals surface area contributed by atoms with E-state index in [1.165, 1.54) is 0 Å². The van der Waals surface area contributed by atoms with Gasteiger partial charge in [0, 0.05) is 24.4 Å². The highest BCUT2D eigenvalue weighted by molar-refractivity contribution is 5.89. The molecule has 4 nitrogen and oxygen atoms in total. The molecule has 0 bridgehead atoms. The number of nitrogens with one attached hydrogen (secondary N) is 2. The third-order valence-electron chi connectivity index (χ3n) is 3.25. The number of rotatable bonds is 4. The number of aryl methyl sites for hydroxylation is 1. The van der Waals surface area contributed by atoms with Crippen LogP contribution in [0.1, 0.15) is 17.2 Å². The van der Waals surface area contributed by atoms with E-state index in [4.69, 9.17) is 0 Å². The molecule has 0 heterocycles. The number of urea groups is 1. The predicted octanol–water partition coefficient (Wildman–Crippen LogP) is 3.27. The van der Waals surface area contributed by atoms with Crippen molar-refractivity contribution in [1.29, 1.82) is 0 Å². The number of hydrogen-bond acceptors (Lipinski definition) is 2. The van der Waals surface area contributed by atoms with Crippen LogP contribution in [0, 0.1) is 24.4 Å². The van der Waals surface area contributed by atoms with Gasteiger partial charge in [0.15, 0.2) is 17.5 Å². The summed E-state index contributed by atoms with van der Waals surface area (Å²) in [5.41, 5.74) is 1.29. The second-order valence-corrected chi connectivity index (χ2v) is 4.96. The van der Waals surface area contributed by atoms with Gasteiger partial charge in [-0.15, -0.1) is 0 Å². The lowest BCUT2D eigenvalue weighted by molar-refractivity contribution is 0.174. The minimum absolute atomic E-state index is 0.0944. The Morgan fingerprint density at radius 3 is 2.39 bits per heavy atom. The number of benzene rings is 2. The van der Waals surface area contributed by atoms with Crippen LogP contribution in [-0.4, -0.2) is 17.7 Å². The van der Waals surface area contributed by atoms with Crippen LogP contribution in [0.5, 0.6) is 0 Å². The fraction of sp³-hybridized carbons (Fsp3) is 0.188. The molecule has 2 aromatic carbocycles. The average molecular weight is 324 g/mol. The number of carbonyl (C=O) groups excluding carboxylic acids is 1. The third-order valence-corrected chi connectivity index (χ3v) is 3.25. The summed E-state index contributed by atoms with van der Waals surface area (Å²) in [7, 11) is 0. The molecule has 1 atom stereocenters. The number of anilines is 1. The summed E-state index contributed by atoms with van der Waals surface area (Å²) < 4.78 is 38.9. The molecule has 23 heavy (non-hydrogen) atoms. The molecule has 0 radical (unpaired) electrons. The molecule has 0 aliphatic carbocycles. The largest absolute Gasteiger partial charge is 0.387 e. The van der Waals surface area contributed by atoms with E-state index in [-0.39, 0.29) is 12.2 Å². The molecule has 2 rings (SSSR count). The predicted molar refractivity (Wildman–Crippen MR) is 79.5 cm³/mol. The highest BCUT2D eigenvalue weighted by Gasteiger charge is 2.14. The van der Waals surface area contributed by atoms with Gasteiger partial charge in [-0.05, 0) is 18.1 Å². The zero-order valence-electron chi connectivity index (χ0n) is 12.2. The number of hydrogen-bond donors (Lipinski definition) is 3. The van der Waals surface area contributed by atoms with Gasteiger partial charge >= 0.3 is 6.03 Å². The van der Waals surface area contributed by atoms with Gasteiger partial charge in [0.05, 0.1) is 6.10 Å². The quantitative estimate of drug-likeness (QED) is 0.756. The van der Waals surface area contributed by atoms with Crippen molar-refractivity contribution in [2.75, 3.05) is 11.9 Å². The Kier molecular flexibility index (Phi) is 5.23.